The van der Waals surface area contributed by atoms with E-state index in [4.69, 9.17) is 9.47 Å². The summed E-state index contributed by atoms with van der Waals surface area (Å²) in [6, 6.07) is 0. The molecule has 0 saturated heterocycles. The van der Waals surface area contributed by atoms with Crippen LogP contribution < -0.4 is 0 Å². The average Bonchev–Trinajstić information content (AvgIpc) is 3.23. The van der Waals surface area contributed by atoms with Crippen LogP contribution in [0.1, 0.15) is 117 Å². The lowest BCUT2D eigenvalue weighted by Gasteiger charge is -2.34. The maximum absolute atomic E-state index is 11.9. The summed E-state index contributed by atoms with van der Waals surface area (Å²) >= 11 is 0. The van der Waals surface area contributed by atoms with Crippen LogP contribution in [0.5, 0.6) is 0 Å². The van der Waals surface area contributed by atoms with Crippen LogP contribution >= 0.6 is 0 Å². The summed E-state index contributed by atoms with van der Waals surface area (Å²) in [7, 11) is 0. The monoisotopic (exact) mass is 392 g/mol. The first-order valence-electron chi connectivity index (χ1n) is 12.1. The molecule has 2 aliphatic rings. The van der Waals surface area contributed by atoms with Crippen LogP contribution in [0, 0.1) is 5.92 Å². The molecule has 0 amide bonds. The molecule has 0 aromatic heterocycles. The fourth-order valence-corrected chi connectivity index (χ4v) is 4.98. The molecule has 0 aromatic rings. The highest BCUT2D eigenvalue weighted by molar-refractivity contribution is 5.87. The first-order chi connectivity index (χ1) is 13.6. The Morgan fingerprint density at radius 3 is 2.07 bits per heavy atom. The Morgan fingerprint density at radius 2 is 1.54 bits per heavy atom. The summed E-state index contributed by atoms with van der Waals surface area (Å²) in [4.78, 5) is 11.9. The van der Waals surface area contributed by atoms with Gasteiger partial charge in [0.15, 0.2) is 0 Å². The van der Waals surface area contributed by atoms with Crippen molar-refractivity contribution >= 4 is 5.97 Å². The molecule has 2 bridgehead atoms. The molecule has 162 valence electrons. The minimum Gasteiger partial charge on any atom is -0.456 e. The lowest BCUT2D eigenvalue weighted by atomic mass is 9.93. The third-order valence-electron chi connectivity index (χ3n) is 6.73. The van der Waals surface area contributed by atoms with E-state index in [1.165, 1.54) is 77.0 Å². The van der Waals surface area contributed by atoms with E-state index < -0.39 is 0 Å². The highest BCUT2D eigenvalue weighted by Crippen LogP contribution is 2.51. The molecule has 0 radical (unpaired) electrons. The van der Waals surface area contributed by atoms with Crippen molar-refractivity contribution < 1.29 is 14.3 Å². The predicted octanol–water partition coefficient (Wildman–Crippen LogP) is 7.13. The Morgan fingerprint density at radius 1 is 0.964 bits per heavy atom. The van der Waals surface area contributed by atoms with E-state index in [2.05, 4.69) is 13.5 Å². The maximum Gasteiger partial charge on any atom is 0.333 e. The topological polar surface area (TPSA) is 35.5 Å². The van der Waals surface area contributed by atoms with Gasteiger partial charge in [-0.15, -0.1) is 0 Å². The van der Waals surface area contributed by atoms with E-state index in [9.17, 15) is 4.79 Å². The van der Waals surface area contributed by atoms with Crippen LogP contribution in [0.15, 0.2) is 12.2 Å². The van der Waals surface area contributed by atoms with Crippen molar-refractivity contribution in [3.8, 4) is 0 Å². The van der Waals surface area contributed by atoms with Gasteiger partial charge in [-0.3, -0.25) is 0 Å². The molecule has 3 atom stereocenters. The molecule has 0 N–H and O–H groups in total. The number of unbranched alkanes of at least 4 members (excludes halogenated alkanes) is 11. The second-order valence-electron chi connectivity index (χ2n) is 9.32. The molecule has 3 heteroatoms. The predicted molar refractivity (Wildman–Crippen MR) is 116 cm³/mol. The molecule has 3 unspecified atom stereocenters. The third kappa shape index (κ3) is 7.54. The molecular formula is C25H44O3. The van der Waals surface area contributed by atoms with Gasteiger partial charge < -0.3 is 9.47 Å². The van der Waals surface area contributed by atoms with Crippen LogP contribution in [0.25, 0.3) is 0 Å². The summed E-state index contributed by atoms with van der Waals surface area (Å²) in [5.41, 5.74) is 0.284. The molecule has 2 fully saturated rings. The Hall–Kier alpha value is -0.830. The zero-order valence-corrected chi connectivity index (χ0v) is 18.6. The number of esters is 1. The van der Waals surface area contributed by atoms with Gasteiger partial charge >= 0.3 is 5.97 Å². The van der Waals surface area contributed by atoms with E-state index in [-0.39, 0.29) is 17.7 Å². The number of hydrogen-bond donors (Lipinski definition) is 0. The normalized spacial score (nSPS) is 25.9. The fourth-order valence-electron chi connectivity index (χ4n) is 4.98. The van der Waals surface area contributed by atoms with Crippen molar-refractivity contribution in [2.75, 3.05) is 6.61 Å². The lowest BCUT2D eigenvalue weighted by Crippen LogP contribution is -2.43. The number of ether oxygens (including phenoxy) is 2. The van der Waals surface area contributed by atoms with Crippen LogP contribution in [0.4, 0.5) is 0 Å². The number of rotatable bonds is 16. The zero-order valence-electron chi connectivity index (χ0n) is 18.6. The quantitative estimate of drug-likeness (QED) is 0.159. The molecule has 3 nitrogen and oxygen atoms in total. The lowest BCUT2D eigenvalue weighted by molar-refractivity contribution is -0.166. The van der Waals surface area contributed by atoms with Gasteiger partial charge in [0.1, 0.15) is 11.7 Å². The molecule has 2 aliphatic carbocycles. The Labute approximate surface area is 173 Å². The summed E-state index contributed by atoms with van der Waals surface area (Å²) < 4.78 is 12.1. The van der Waals surface area contributed by atoms with Crippen LogP contribution in [-0.4, -0.2) is 24.3 Å². The Bertz CT molecular complexity index is 472. The molecule has 0 heterocycles. The summed E-state index contributed by atoms with van der Waals surface area (Å²) in [6.45, 7) is 8.51. The summed E-state index contributed by atoms with van der Waals surface area (Å²) in [5.74, 6) is 0.413. The molecule has 2 rings (SSSR count). The molecular weight excluding hydrogens is 348 g/mol. The SMILES string of the molecule is C=C(C)C(=O)OC1CC2CCC1(OCCCCCCCCCCCCCC)C2. The van der Waals surface area contributed by atoms with Crippen molar-refractivity contribution in [2.24, 2.45) is 5.92 Å². The second kappa shape index (κ2) is 12.7. The van der Waals surface area contributed by atoms with Crippen LogP contribution in [0.2, 0.25) is 0 Å². The standard InChI is InChI=1S/C25H44O3/c1-4-5-6-7-8-9-10-11-12-13-14-15-18-27-25-17-16-22(20-25)19-23(25)28-24(26)21(2)3/h22-23H,2,4-20H2,1,3H3. The van der Waals surface area contributed by atoms with Crippen molar-refractivity contribution in [3.05, 3.63) is 12.2 Å². The number of fused-ring (bicyclic) bond motifs is 2. The maximum atomic E-state index is 11.9. The largest absolute Gasteiger partial charge is 0.456 e. The number of hydrogen-bond acceptors (Lipinski definition) is 3. The van der Waals surface area contributed by atoms with Crippen molar-refractivity contribution in [1.29, 1.82) is 0 Å². The van der Waals surface area contributed by atoms with E-state index in [0.717, 1.165) is 32.3 Å². The van der Waals surface area contributed by atoms with Gasteiger partial charge in [0.25, 0.3) is 0 Å². The van der Waals surface area contributed by atoms with Crippen molar-refractivity contribution in [2.45, 2.75) is 128 Å². The van der Waals surface area contributed by atoms with E-state index in [0.29, 0.717) is 11.5 Å². The minimum atomic E-state index is -0.258. The molecule has 28 heavy (non-hydrogen) atoms. The summed E-state index contributed by atoms with van der Waals surface area (Å²) in [5, 5.41) is 0. The zero-order chi connectivity index (χ0) is 20.2. The van der Waals surface area contributed by atoms with E-state index in [1.807, 2.05) is 0 Å². The van der Waals surface area contributed by atoms with Crippen LogP contribution in [0.3, 0.4) is 0 Å². The fraction of sp³-hybridized carbons (Fsp3) is 0.880. The van der Waals surface area contributed by atoms with Crippen molar-refractivity contribution in [1.82, 2.24) is 0 Å². The van der Waals surface area contributed by atoms with Gasteiger partial charge in [0, 0.05) is 12.2 Å². The highest BCUT2D eigenvalue weighted by atomic mass is 16.6. The van der Waals surface area contributed by atoms with Gasteiger partial charge in [0.05, 0.1) is 0 Å². The highest BCUT2D eigenvalue weighted by Gasteiger charge is 2.55. The van der Waals surface area contributed by atoms with Crippen LogP contribution in [-0.2, 0) is 14.3 Å². The van der Waals surface area contributed by atoms with Gasteiger partial charge in [-0.1, -0.05) is 84.1 Å². The third-order valence-corrected chi connectivity index (χ3v) is 6.73. The first kappa shape index (κ1) is 23.4. The van der Waals surface area contributed by atoms with E-state index in [1.54, 1.807) is 6.92 Å². The van der Waals surface area contributed by atoms with Gasteiger partial charge in [0.2, 0.25) is 0 Å². The number of carbonyl (C=O) groups excluding carboxylic acids is 1. The number of carbonyl (C=O) groups is 1. The van der Waals surface area contributed by atoms with Gasteiger partial charge in [-0.2, -0.15) is 0 Å². The first-order valence-corrected chi connectivity index (χ1v) is 12.1. The average molecular weight is 393 g/mol. The molecule has 0 aromatic carbocycles. The van der Waals surface area contributed by atoms with Gasteiger partial charge in [-0.25, -0.2) is 4.79 Å². The Balaban J connectivity index is 1.49. The second-order valence-corrected chi connectivity index (χ2v) is 9.32. The van der Waals surface area contributed by atoms with E-state index >= 15 is 0 Å². The minimum absolute atomic E-state index is 0.0622. The Kier molecular flexibility index (Phi) is 10.6. The van der Waals surface area contributed by atoms with Crippen molar-refractivity contribution in [3.63, 3.8) is 0 Å². The smallest absolute Gasteiger partial charge is 0.333 e. The summed E-state index contributed by atoms with van der Waals surface area (Å²) in [6.07, 6.45) is 20.5. The van der Waals surface area contributed by atoms with Gasteiger partial charge in [-0.05, 0) is 44.9 Å². The molecule has 2 saturated carbocycles. The molecule has 0 aliphatic heterocycles. The molecule has 0 spiro atoms.